The molecular formula is C19H36N2O2. The molecule has 1 amide bonds. The highest BCUT2D eigenvalue weighted by Crippen LogP contribution is 2.43. The molecule has 2 fully saturated rings. The second-order valence-corrected chi connectivity index (χ2v) is 8.21. The quantitative estimate of drug-likeness (QED) is 0.731. The zero-order chi connectivity index (χ0) is 16.9. The van der Waals surface area contributed by atoms with Gasteiger partial charge in [0.15, 0.2) is 0 Å². The number of carbonyl (C=O) groups is 1. The molecule has 0 aromatic rings. The lowest BCUT2D eigenvalue weighted by atomic mass is 9.77. The molecule has 134 valence electrons. The van der Waals surface area contributed by atoms with Gasteiger partial charge in [-0.25, -0.2) is 0 Å². The summed E-state index contributed by atoms with van der Waals surface area (Å²) < 4.78 is 5.77. The largest absolute Gasteiger partial charge is 0.373 e. The summed E-state index contributed by atoms with van der Waals surface area (Å²) in [5.41, 5.74) is -0.0733. The van der Waals surface area contributed by atoms with Gasteiger partial charge in [0, 0.05) is 31.6 Å². The van der Waals surface area contributed by atoms with E-state index in [1.807, 2.05) is 0 Å². The Morgan fingerprint density at radius 1 is 1.22 bits per heavy atom. The highest BCUT2D eigenvalue weighted by atomic mass is 16.5. The maximum atomic E-state index is 12.7. The molecule has 0 unspecified atom stereocenters. The lowest BCUT2D eigenvalue weighted by Crippen LogP contribution is -2.46. The number of nitrogens with zero attached hydrogens (tertiary/aromatic N) is 1. The lowest BCUT2D eigenvalue weighted by Gasteiger charge is -2.35. The zero-order valence-corrected chi connectivity index (χ0v) is 15.6. The van der Waals surface area contributed by atoms with E-state index in [0.717, 1.165) is 51.9 Å². The molecule has 4 heteroatoms. The normalized spacial score (nSPS) is 28.2. The van der Waals surface area contributed by atoms with Gasteiger partial charge in [-0.3, -0.25) is 9.69 Å². The minimum Gasteiger partial charge on any atom is -0.373 e. The molecule has 2 aliphatic rings. The minimum absolute atomic E-state index is 0.0733. The van der Waals surface area contributed by atoms with Crippen molar-refractivity contribution in [3.63, 3.8) is 0 Å². The molecule has 0 aromatic heterocycles. The second kappa shape index (κ2) is 8.48. The monoisotopic (exact) mass is 324 g/mol. The van der Waals surface area contributed by atoms with Crippen LogP contribution in [0.4, 0.5) is 0 Å². The number of carbonyl (C=O) groups excluding carboxylic acids is 1. The smallest absolute Gasteiger partial charge is 0.226 e. The van der Waals surface area contributed by atoms with Gasteiger partial charge in [0.1, 0.15) is 0 Å². The van der Waals surface area contributed by atoms with E-state index in [1.165, 1.54) is 12.8 Å². The number of morpholine rings is 1. The first-order chi connectivity index (χ1) is 10.9. The van der Waals surface area contributed by atoms with Gasteiger partial charge in [0.25, 0.3) is 0 Å². The van der Waals surface area contributed by atoms with E-state index < -0.39 is 0 Å². The molecule has 0 aromatic carbocycles. The molecule has 0 spiro atoms. The van der Waals surface area contributed by atoms with Crippen molar-refractivity contribution >= 4 is 5.91 Å². The number of amides is 1. The summed E-state index contributed by atoms with van der Waals surface area (Å²) in [6.45, 7) is 12.6. The number of hydrogen-bond acceptors (Lipinski definition) is 3. The van der Waals surface area contributed by atoms with E-state index in [2.05, 4.69) is 37.9 Å². The van der Waals surface area contributed by atoms with E-state index in [1.54, 1.807) is 0 Å². The summed E-state index contributed by atoms with van der Waals surface area (Å²) in [6.07, 6.45) is 7.29. The molecule has 1 heterocycles. The van der Waals surface area contributed by atoms with Crippen molar-refractivity contribution in [3.05, 3.63) is 0 Å². The maximum Gasteiger partial charge on any atom is 0.226 e. The third-order valence-electron chi connectivity index (χ3n) is 5.27. The van der Waals surface area contributed by atoms with Crippen LogP contribution >= 0.6 is 0 Å². The zero-order valence-electron chi connectivity index (χ0n) is 15.6. The van der Waals surface area contributed by atoms with Gasteiger partial charge in [-0.15, -0.1) is 0 Å². The van der Waals surface area contributed by atoms with Crippen molar-refractivity contribution < 1.29 is 9.53 Å². The minimum atomic E-state index is -0.0733. The van der Waals surface area contributed by atoms with Crippen molar-refractivity contribution in [2.24, 2.45) is 11.3 Å². The molecule has 2 atom stereocenters. The van der Waals surface area contributed by atoms with Crippen molar-refractivity contribution in [3.8, 4) is 0 Å². The first-order valence-corrected chi connectivity index (χ1v) is 9.57. The molecule has 1 N–H and O–H groups in total. The number of hydrogen-bond donors (Lipinski definition) is 1. The van der Waals surface area contributed by atoms with Gasteiger partial charge in [-0.05, 0) is 45.4 Å². The van der Waals surface area contributed by atoms with Crippen LogP contribution in [-0.4, -0.2) is 49.2 Å². The molecule has 0 radical (unpaired) electrons. The first kappa shape index (κ1) is 18.7. The highest BCUT2D eigenvalue weighted by molar-refractivity contribution is 5.82. The van der Waals surface area contributed by atoms with Crippen LogP contribution < -0.4 is 5.32 Å². The molecule has 1 aliphatic carbocycles. The van der Waals surface area contributed by atoms with Crippen LogP contribution in [0.5, 0.6) is 0 Å². The summed E-state index contributed by atoms with van der Waals surface area (Å²) in [7, 11) is 0. The van der Waals surface area contributed by atoms with Crippen molar-refractivity contribution in [2.45, 2.75) is 78.4 Å². The SMILES string of the molecule is CC(C)CC1(C(=O)NCCCN2C[C@@H](C)O[C@H](C)C2)CCCC1. The van der Waals surface area contributed by atoms with Gasteiger partial charge in [0.05, 0.1) is 12.2 Å². The second-order valence-electron chi connectivity index (χ2n) is 8.21. The molecule has 4 nitrogen and oxygen atoms in total. The Morgan fingerprint density at radius 3 is 2.39 bits per heavy atom. The van der Waals surface area contributed by atoms with Gasteiger partial charge in [-0.2, -0.15) is 0 Å². The van der Waals surface area contributed by atoms with Crippen LogP contribution in [0.1, 0.15) is 66.2 Å². The van der Waals surface area contributed by atoms with Crippen LogP contribution in [0.25, 0.3) is 0 Å². The number of nitrogens with one attached hydrogen (secondary N) is 1. The Balaban J connectivity index is 1.71. The summed E-state index contributed by atoms with van der Waals surface area (Å²) in [4.78, 5) is 15.2. The summed E-state index contributed by atoms with van der Waals surface area (Å²) in [5, 5.41) is 3.24. The number of ether oxygens (including phenoxy) is 1. The highest BCUT2D eigenvalue weighted by Gasteiger charge is 2.41. The van der Waals surface area contributed by atoms with Crippen molar-refractivity contribution in [2.75, 3.05) is 26.2 Å². The molecule has 0 bridgehead atoms. The topological polar surface area (TPSA) is 41.6 Å². The van der Waals surface area contributed by atoms with E-state index in [9.17, 15) is 4.79 Å². The van der Waals surface area contributed by atoms with Gasteiger partial charge in [-0.1, -0.05) is 26.7 Å². The third-order valence-corrected chi connectivity index (χ3v) is 5.27. The van der Waals surface area contributed by atoms with Crippen molar-refractivity contribution in [1.82, 2.24) is 10.2 Å². The third kappa shape index (κ3) is 5.46. The fourth-order valence-corrected chi connectivity index (χ4v) is 4.52. The molecule has 1 aliphatic heterocycles. The average Bonchev–Trinajstić information content (AvgIpc) is 2.91. The molecular weight excluding hydrogens is 288 g/mol. The van der Waals surface area contributed by atoms with Crippen LogP contribution in [-0.2, 0) is 9.53 Å². The summed E-state index contributed by atoms with van der Waals surface area (Å²) >= 11 is 0. The van der Waals surface area contributed by atoms with E-state index in [4.69, 9.17) is 4.74 Å². The van der Waals surface area contributed by atoms with E-state index in [0.29, 0.717) is 24.0 Å². The fraction of sp³-hybridized carbons (Fsp3) is 0.947. The van der Waals surface area contributed by atoms with Crippen LogP contribution in [0.15, 0.2) is 0 Å². The van der Waals surface area contributed by atoms with E-state index in [-0.39, 0.29) is 5.41 Å². The Morgan fingerprint density at radius 2 is 1.83 bits per heavy atom. The molecule has 1 saturated carbocycles. The maximum absolute atomic E-state index is 12.7. The Kier molecular flexibility index (Phi) is 6.90. The van der Waals surface area contributed by atoms with Gasteiger partial charge in [0.2, 0.25) is 5.91 Å². The molecule has 2 rings (SSSR count). The molecule has 1 saturated heterocycles. The predicted molar refractivity (Wildman–Crippen MR) is 94.4 cm³/mol. The van der Waals surface area contributed by atoms with Gasteiger partial charge >= 0.3 is 0 Å². The Labute approximate surface area is 142 Å². The number of rotatable bonds is 7. The fourth-order valence-electron chi connectivity index (χ4n) is 4.52. The van der Waals surface area contributed by atoms with Crippen LogP contribution in [0.2, 0.25) is 0 Å². The summed E-state index contributed by atoms with van der Waals surface area (Å²) in [5.74, 6) is 0.905. The van der Waals surface area contributed by atoms with Crippen LogP contribution in [0.3, 0.4) is 0 Å². The average molecular weight is 325 g/mol. The van der Waals surface area contributed by atoms with E-state index >= 15 is 0 Å². The van der Waals surface area contributed by atoms with Crippen LogP contribution in [0, 0.1) is 11.3 Å². The van der Waals surface area contributed by atoms with Crippen molar-refractivity contribution in [1.29, 1.82) is 0 Å². The predicted octanol–water partition coefficient (Wildman–Crippen LogP) is 3.21. The Hall–Kier alpha value is -0.610. The Bertz CT molecular complexity index is 368. The summed E-state index contributed by atoms with van der Waals surface area (Å²) in [6, 6.07) is 0. The lowest BCUT2D eigenvalue weighted by molar-refractivity contribution is -0.131. The standard InChI is InChI=1S/C19H36N2O2/c1-15(2)12-19(8-5-6-9-19)18(22)20-10-7-11-21-13-16(3)23-17(4)14-21/h15-17H,5-14H2,1-4H3,(H,20,22)/t16-,17-/m1/s1. The van der Waals surface area contributed by atoms with Gasteiger partial charge < -0.3 is 10.1 Å². The first-order valence-electron chi connectivity index (χ1n) is 9.57. The molecule has 23 heavy (non-hydrogen) atoms.